The predicted molar refractivity (Wildman–Crippen MR) is 70.6 cm³/mol. The van der Waals surface area contributed by atoms with Gasteiger partial charge in [-0.25, -0.2) is 9.86 Å². The third-order valence-corrected chi connectivity index (χ3v) is 2.10. The third kappa shape index (κ3) is 4.25. The summed E-state index contributed by atoms with van der Waals surface area (Å²) in [7, 11) is 1.56. The lowest BCUT2D eigenvalue weighted by atomic mass is 10.3. The van der Waals surface area contributed by atoms with Gasteiger partial charge >= 0.3 is 6.03 Å². The van der Waals surface area contributed by atoms with Crippen LogP contribution in [0, 0.1) is 0 Å². The van der Waals surface area contributed by atoms with E-state index in [4.69, 9.17) is 9.57 Å². The number of benzene rings is 1. The molecule has 1 rings (SSSR count). The molecule has 0 aliphatic rings. The minimum Gasteiger partial charge on any atom is -0.489 e. The van der Waals surface area contributed by atoms with Crippen LogP contribution < -0.4 is 10.1 Å². The average molecular weight is 252 g/mol. The first-order chi connectivity index (χ1) is 8.54. The lowest BCUT2D eigenvalue weighted by molar-refractivity contribution is -0.0879. The summed E-state index contributed by atoms with van der Waals surface area (Å²) in [5, 5.41) is 3.90. The summed E-state index contributed by atoms with van der Waals surface area (Å²) < 4.78 is 5.61. The second-order valence-corrected chi connectivity index (χ2v) is 4.01. The van der Waals surface area contributed by atoms with Crippen LogP contribution >= 0.6 is 0 Å². The third-order valence-electron chi connectivity index (χ3n) is 2.10. The van der Waals surface area contributed by atoms with Gasteiger partial charge in [0, 0.05) is 7.05 Å². The van der Waals surface area contributed by atoms with Crippen LogP contribution in [0.15, 0.2) is 24.3 Å². The summed E-state index contributed by atoms with van der Waals surface area (Å²) in [4.78, 5) is 16.9. The van der Waals surface area contributed by atoms with Crippen molar-refractivity contribution in [2.45, 2.75) is 26.9 Å². The standard InChI is InChI=1S/C13H20N2O3/c1-5-17-15(4)13(16)14-11-8-6-7-9-12(11)18-10(2)3/h6-10H,5H2,1-4H3,(H,14,16). The first-order valence-electron chi connectivity index (χ1n) is 5.98. The van der Waals surface area contributed by atoms with Crippen molar-refractivity contribution in [1.82, 2.24) is 5.06 Å². The molecule has 0 radical (unpaired) electrons. The Morgan fingerprint density at radius 3 is 2.67 bits per heavy atom. The summed E-state index contributed by atoms with van der Waals surface area (Å²) in [5.41, 5.74) is 0.628. The maximum absolute atomic E-state index is 11.8. The summed E-state index contributed by atoms with van der Waals surface area (Å²) in [6.07, 6.45) is 0.0488. The van der Waals surface area contributed by atoms with Crippen LogP contribution in [0.2, 0.25) is 0 Å². The number of hydrogen-bond donors (Lipinski definition) is 1. The van der Waals surface area contributed by atoms with Crippen LogP contribution in [-0.2, 0) is 4.84 Å². The highest BCUT2D eigenvalue weighted by Gasteiger charge is 2.12. The van der Waals surface area contributed by atoms with E-state index in [1.165, 1.54) is 0 Å². The van der Waals surface area contributed by atoms with Gasteiger partial charge in [-0.05, 0) is 32.9 Å². The SMILES string of the molecule is CCON(C)C(=O)Nc1ccccc1OC(C)C. The topological polar surface area (TPSA) is 50.8 Å². The Morgan fingerprint density at radius 2 is 2.06 bits per heavy atom. The number of para-hydroxylation sites is 2. The van der Waals surface area contributed by atoms with E-state index in [9.17, 15) is 4.79 Å². The van der Waals surface area contributed by atoms with Crippen molar-refractivity contribution < 1.29 is 14.4 Å². The number of urea groups is 1. The molecule has 0 unspecified atom stereocenters. The fraction of sp³-hybridized carbons (Fsp3) is 0.462. The molecule has 18 heavy (non-hydrogen) atoms. The molecule has 0 spiro atoms. The summed E-state index contributed by atoms with van der Waals surface area (Å²) >= 11 is 0. The highest BCUT2D eigenvalue weighted by molar-refractivity contribution is 5.90. The van der Waals surface area contributed by atoms with Gasteiger partial charge < -0.3 is 10.1 Å². The van der Waals surface area contributed by atoms with E-state index in [2.05, 4.69) is 5.32 Å². The van der Waals surface area contributed by atoms with Crippen molar-refractivity contribution in [3.05, 3.63) is 24.3 Å². The average Bonchev–Trinajstić information content (AvgIpc) is 2.31. The van der Waals surface area contributed by atoms with Gasteiger partial charge in [0.1, 0.15) is 5.75 Å². The van der Waals surface area contributed by atoms with Crippen molar-refractivity contribution in [2.24, 2.45) is 0 Å². The number of nitrogens with zero attached hydrogens (tertiary/aromatic N) is 1. The zero-order valence-electron chi connectivity index (χ0n) is 11.3. The van der Waals surface area contributed by atoms with Crippen molar-refractivity contribution in [3.8, 4) is 5.75 Å². The highest BCUT2D eigenvalue weighted by atomic mass is 16.7. The maximum Gasteiger partial charge on any atom is 0.345 e. The van der Waals surface area contributed by atoms with Crippen LogP contribution in [0.5, 0.6) is 5.75 Å². The predicted octanol–water partition coefficient (Wildman–Crippen LogP) is 2.89. The largest absolute Gasteiger partial charge is 0.489 e. The van der Waals surface area contributed by atoms with E-state index in [1.807, 2.05) is 39.0 Å². The van der Waals surface area contributed by atoms with Crippen LogP contribution in [0.1, 0.15) is 20.8 Å². The van der Waals surface area contributed by atoms with Crippen LogP contribution in [0.3, 0.4) is 0 Å². The molecule has 5 nitrogen and oxygen atoms in total. The van der Waals surface area contributed by atoms with Crippen LogP contribution in [0.4, 0.5) is 10.5 Å². The van der Waals surface area contributed by atoms with E-state index in [-0.39, 0.29) is 12.1 Å². The zero-order valence-corrected chi connectivity index (χ0v) is 11.3. The lowest BCUT2D eigenvalue weighted by Gasteiger charge is -2.19. The van der Waals surface area contributed by atoms with Crippen LogP contribution in [-0.4, -0.2) is 30.9 Å². The number of carbonyl (C=O) groups excluding carboxylic acids is 1. The Kier molecular flexibility index (Phi) is 5.45. The first-order valence-corrected chi connectivity index (χ1v) is 5.98. The molecule has 0 aliphatic heterocycles. The number of amides is 2. The quantitative estimate of drug-likeness (QED) is 0.820. The van der Waals surface area contributed by atoms with E-state index in [1.54, 1.807) is 13.1 Å². The number of carbonyl (C=O) groups is 1. The van der Waals surface area contributed by atoms with Crippen molar-refractivity contribution in [2.75, 3.05) is 19.0 Å². The molecule has 5 heteroatoms. The molecule has 1 N–H and O–H groups in total. The molecule has 1 aromatic rings. The molecule has 2 amide bonds. The summed E-state index contributed by atoms with van der Waals surface area (Å²) in [6, 6.07) is 6.96. The fourth-order valence-electron chi connectivity index (χ4n) is 1.37. The molecule has 0 heterocycles. The molecule has 0 saturated carbocycles. The van der Waals surface area contributed by atoms with Gasteiger partial charge in [0.2, 0.25) is 0 Å². The van der Waals surface area contributed by atoms with Gasteiger partial charge in [-0.1, -0.05) is 12.1 Å². The molecule has 0 bridgehead atoms. The van der Waals surface area contributed by atoms with Crippen LogP contribution in [0.25, 0.3) is 0 Å². The smallest absolute Gasteiger partial charge is 0.345 e. The second-order valence-electron chi connectivity index (χ2n) is 4.01. The van der Waals surface area contributed by atoms with Gasteiger partial charge in [0.15, 0.2) is 0 Å². The van der Waals surface area contributed by atoms with Gasteiger partial charge in [-0.2, -0.15) is 0 Å². The lowest BCUT2D eigenvalue weighted by Crippen LogP contribution is -2.31. The number of hydroxylamine groups is 2. The molecule has 0 fully saturated rings. The zero-order chi connectivity index (χ0) is 13.5. The molecular formula is C13H20N2O3. The monoisotopic (exact) mass is 252 g/mol. The molecule has 0 atom stereocenters. The van der Waals surface area contributed by atoms with E-state index < -0.39 is 0 Å². The first kappa shape index (κ1) is 14.3. The molecule has 1 aromatic carbocycles. The summed E-state index contributed by atoms with van der Waals surface area (Å²) in [6.45, 7) is 6.13. The second kappa shape index (κ2) is 6.86. The Morgan fingerprint density at radius 1 is 1.39 bits per heavy atom. The van der Waals surface area contributed by atoms with Gasteiger partial charge in [-0.15, -0.1) is 0 Å². The number of nitrogens with one attached hydrogen (secondary N) is 1. The fourth-order valence-corrected chi connectivity index (χ4v) is 1.37. The van der Waals surface area contributed by atoms with E-state index in [0.29, 0.717) is 18.0 Å². The Labute approximate surface area is 108 Å². The molecule has 0 saturated heterocycles. The number of ether oxygens (including phenoxy) is 1. The minimum absolute atomic E-state index is 0.0488. The molecular weight excluding hydrogens is 232 g/mol. The van der Waals surface area contributed by atoms with Crippen molar-refractivity contribution in [3.63, 3.8) is 0 Å². The van der Waals surface area contributed by atoms with Crippen molar-refractivity contribution in [1.29, 1.82) is 0 Å². The molecule has 100 valence electrons. The Balaban J connectivity index is 2.74. The van der Waals surface area contributed by atoms with Gasteiger partial charge in [0.25, 0.3) is 0 Å². The van der Waals surface area contributed by atoms with Crippen molar-refractivity contribution >= 4 is 11.7 Å². The number of rotatable bonds is 5. The highest BCUT2D eigenvalue weighted by Crippen LogP contribution is 2.25. The minimum atomic E-state index is -0.336. The van der Waals surface area contributed by atoms with Gasteiger partial charge in [0.05, 0.1) is 18.4 Å². The van der Waals surface area contributed by atoms with E-state index in [0.717, 1.165) is 5.06 Å². The Hall–Kier alpha value is -1.75. The molecule has 0 aliphatic carbocycles. The Bertz CT molecular complexity index is 394. The maximum atomic E-state index is 11.8. The molecule has 0 aromatic heterocycles. The van der Waals surface area contributed by atoms with Gasteiger partial charge in [-0.3, -0.25) is 4.84 Å². The van der Waals surface area contributed by atoms with E-state index >= 15 is 0 Å². The number of anilines is 1. The summed E-state index contributed by atoms with van der Waals surface area (Å²) in [5.74, 6) is 0.644. The number of hydrogen-bond acceptors (Lipinski definition) is 3. The normalized spacial score (nSPS) is 10.3.